The zero-order valence-electron chi connectivity index (χ0n) is 9.94. The lowest BCUT2D eigenvalue weighted by molar-refractivity contribution is 0.251. The Labute approximate surface area is 111 Å². The van der Waals surface area contributed by atoms with E-state index in [1.165, 1.54) is 18.0 Å². The van der Waals surface area contributed by atoms with Gasteiger partial charge in [-0.05, 0) is 25.3 Å². The van der Waals surface area contributed by atoms with Crippen molar-refractivity contribution < 1.29 is 5.11 Å². The highest BCUT2D eigenvalue weighted by Crippen LogP contribution is 2.20. The first-order chi connectivity index (χ1) is 8.31. The standard InChI is InChI=1S/C12H19ClN2OS/c13-7-11-9-17-12(14-11)2-5-15-4-1-10(8-15)3-6-16/h9-10,16H,1-8H2. The molecule has 17 heavy (non-hydrogen) atoms. The van der Waals surface area contributed by atoms with Crippen LogP contribution in [0.3, 0.4) is 0 Å². The minimum absolute atomic E-state index is 0.323. The highest BCUT2D eigenvalue weighted by atomic mass is 35.5. The maximum Gasteiger partial charge on any atom is 0.0941 e. The largest absolute Gasteiger partial charge is 0.396 e. The predicted octanol–water partition coefficient (Wildman–Crippen LogP) is 2.13. The molecular formula is C12H19ClN2OS. The summed E-state index contributed by atoms with van der Waals surface area (Å²) >= 11 is 7.44. The number of aliphatic hydroxyl groups excluding tert-OH is 1. The van der Waals surface area contributed by atoms with E-state index in [1.54, 1.807) is 11.3 Å². The molecule has 1 aliphatic rings. The lowest BCUT2D eigenvalue weighted by Crippen LogP contribution is -2.23. The molecule has 0 saturated carbocycles. The van der Waals surface area contributed by atoms with Gasteiger partial charge in [0, 0.05) is 31.5 Å². The summed E-state index contributed by atoms with van der Waals surface area (Å²) in [7, 11) is 0. The molecule has 1 saturated heterocycles. The van der Waals surface area contributed by atoms with Crippen LogP contribution in [0.15, 0.2) is 5.38 Å². The predicted molar refractivity (Wildman–Crippen MR) is 71.6 cm³/mol. The number of nitrogens with zero attached hydrogens (tertiary/aromatic N) is 2. The lowest BCUT2D eigenvalue weighted by Gasteiger charge is -2.14. The van der Waals surface area contributed by atoms with E-state index < -0.39 is 0 Å². The van der Waals surface area contributed by atoms with Gasteiger partial charge in [-0.2, -0.15) is 0 Å². The lowest BCUT2D eigenvalue weighted by atomic mass is 10.1. The number of rotatable bonds is 6. The number of aliphatic hydroxyl groups is 1. The van der Waals surface area contributed by atoms with Crippen molar-refractivity contribution in [3.05, 3.63) is 16.1 Å². The molecule has 5 heteroatoms. The summed E-state index contributed by atoms with van der Waals surface area (Å²) in [6, 6.07) is 0. The van der Waals surface area contributed by atoms with Crippen molar-refractivity contribution in [2.45, 2.75) is 25.1 Å². The van der Waals surface area contributed by atoms with Crippen LogP contribution in [0.4, 0.5) is 0 Å². The quantitative estimate of drug-likeness (QED) is 0.808. The van der Waals surface area contributed by atoms with E-state index in [1.807, 2.05) is 5.38 Å². The fraction of sp³-hybridized carbons (Fsp3) is 0.750. The SMILES string of the molecule is OCCC1CCN(CCc2nc(CCl)cs2)C1. The van der Waals surface area contributed by atoms with Crippen molar-refractivity contribution in [1.29, 1.82) is 0 Å². The average molecular weight is 275 g/mol. The number of aromatic nitrogens is 1. The Balaban J connectivity index is 1.72. The third-order valence-electron chi connectivity index (χ3n) is 3.29. The molecule has 1 aliphatic heterocycles. The van der Waals surface area contributed by atoms with Gasteiger partial charge in [-0.1, -0.05) is 0 Å². The summed E-state index contributed by atoms with van der Waals surface area (Å²) in [5.41, 5.74) is 0.992. The molecule has 1 aromatic rings. The third kappa shape index (κ3) is 3.91. The fourth-order valence-electron chi connectivity index (χ4n) is 2.31. The molecule has 2 rings (SSSR count). The maximum atomic E-state index is 8.91. The third-order valence-corrected chi connectivity index (χ3v) is 4.52. The van der Waals surface area contributed by atoms with Crippen LogP contribution in [0.2, 0.25) is 0 Å². The zero-order valence-corrected chi connectivity index (χ0v) is 11.5. The Kier molecular flexibility index (Phi) is 5.22. The molecule has 1 unspecified atom stereocenters. The molecule has 1 fully saturated rings. The molecular weight excluding hydrogens is 256 g/mol. The van der Waals surface area contributed by atoms with E-state index in [0.29, 0.717) is 18.4 Å². The van der Waals surface area contributed by atoms with Gasteiger partial charge in [-0.15, -0.1) is 22.9 Å². The molecule has 0 amide bonds. The summed E-state index contributed by atoms with van der Waals surface area (Å²) in [4.78, 5) is 6.94. The molecule has 0 bridgehead atoms. The Hall–Kier alpha value is -0.160. The van der Waals surface area contributed by atoms with E-state index in [2.05, 4.69) is 9.88 Å². The number of halogens is 1. The van der Waals surface area contributed by atoms with Gasteiger partial charge in [0.1, 0.15) is 0 Å². The van der Waals surface area contributed by atoms with Crippen LogP contribution in [0.25, 0.3) is 0 Å². The summed E-state index contributed by atoms with van der Waals surface area (Å²) in [6.07, 6.45) is 3.20. The monoisotopic (exact) mass is 274 g/mol. The van der Waals surface area contributed by atoms with Crippen molar-refractivity contribution >= 4 is 22.9 Å². The first-order valence-corrected chi connectivity index (χ1v) is 7.55. The van der Waals surface area contributed by atoms with Gasteiger partial charge < -0.3 is 10.0 Å². The molecule has 0 spiro atoms. The summed E-state index contributed by atoms with van der Waals surface area (Å²) in [5, 5.41) is 12.1. The first kappa shape index (κ1) is 13.3. The van der Waals surface area contributed by atoms with Crippen molar-refractivity contribution in [1.82, 2.24) is 9.88 Å². The molecule has 1 N–H and O–H groups in total. The van der Waals surface area contributed by atoms with Crippen LogP contribution in [-0.4, -0.2) is 41.2 Å². The summed E-state index contributed by atoms with van der Waals surface area (Å²) in [5.74, 6) is 1.20. The van der Waals surface area contributed by atoms with Crippen LogP contribution in [0.5, 0.6) is 0 Å². The van der Waals surface area contributed by atoms with Crippen molar-refractivity contribution in [3.8, 4) is 0 Å². The second-order valence-electron chi connectivity index (χ2n) is 4.58. The Bertz CT molecular complexity index is 345. The van der Waals surface area contributed by atoms with Crippen molar-refractivity contribution in [3.63, 3.8) is 0 Å². The number of likely N-dealkylation sites (tertiary alicyclic amines) is 1. The molecule has 3 nitrogen and oxygen atoms in total. The van der Waals surface area contributed by atoms with Gasteiger partial charge in [0.05, 0.1) is 16.6 Å². The van der Waals surface area contributed by atoms with Gasteiger partial charge in [0.25, 0.3) is 0 Å². The highest BCUT2D eigenvalue weighted by Gasteiger charge is 2.21. The molecule has 2 heterocycles. The van der Waals surface area contributed by atoms with Crippen molar-refractivity contribution in [2.75, 3.05) is 26.2 Å². The average Bonchev–Trinajstić information content (AvgIpc) is 2.95. The summed E-state index contributed by atoms with van der Waals surface area (Å²) < 4.78 is 0. The van der Waals surface area contributed by atoms with Crippen LogP contribution in [0.1, 0.15) is 23.5 Å². The topological polar surface area (TPSA) is 36.4 Å². The second kappa shape index (κ2) is 6.69. The summed E-state index contributed by atoms with van der Waals surface area (Å²) in [6.45, 7) is 3.70. The van der Waals surface area contributed by atoms with Crippen LogP contribution in [0, 0.1) is 5.92 Å². The fourth-order valence-corrected chi connectivity index (χ4v) is 3.33. The molecule has 96 valence electrons. The highest BCUT2D eigenvalue weighted by molar-refractivity contribution is 7.09. The van der Waals surface area contributed by atoms with Crippen LogP contribution in [-0.2, 0) is 12.3 Å². The number of thiazole rings is 1. The van der Waals surface area contributed by atoms with E-state index in [0.717, 1.165) is 31.6 Å². The van der Waals surface area contributed by atoms with E-state index in [4.69, 9.17) is 16.7 Å². The Morgan fingerprint density at radius 3 is 3.18 bits per heavy atom. The maximum absolute atomic E-state index is 8.91. The van der Waals surface area contributed by atoms with Crippen molar-refractivity contribution in [2.24, 2.45) is 5.92 Å². The number of hydrogen-bond acceptors (Lipinski definition) is 4. The molecule has 1 aromatic heterocycles. The minimum atomic E-state index is 0.323. The molecule has 1 atom stereocenters. The first-order valence-electron chi connectivity index (χ1n) is 6.14. The van der Waals surface area contributed by atoms with Gasteiger partial charge in [-0.25, -0.2) is 4.98 Å². The van der Waals surface area contributed by atoms with Gasteiger partial charge in [0.15, 0.2) is 0 Å². The number of alkyl halides is 1. The number of hydrogen-bond donors (Lipinski definition) is 1. The smallest absolute Gasteiger partial charge is 0.0941 e. The minimum Gasteiger partial charge on any atom is -0.396 e. The van der Waals surface area contributed by atoms with Crippen LogP contribution < -0.4 is 0 Å². The zero-order chi connectivity index (χ0) is 12.1. The van der Waals surface area contributed by atoms with Gasteiger partial charge >= 0.3 is 0 Å². The second-order valence-corrected chi connectivity index (χ2v) is 5.79. The molecule has 0 aromatic carbocycles. The van der Waals surface area contributed by atoms with Gasteiger partial charge in [-0.3, -0.25) is 0 Å². The normalized spacial score (nSPS) is 21.2. The molecule has 0 radical (unpaired) electrons. The Morgan fingerprint density at radius 1 is 1.59 bits per heavy atom. The molecule has 0 aliphatic carbocycles. The van der Waals surface area contributed by atoms with Crippen LogP contribution >= 0.6 is 22.9 Å². The van der Waals surface area contributed by atoms with E-state index >= 15 is 0 Å². The van der Waals surface area contributed by atoms with E-state index in [9.17, 15) is 0 Å². The van der Waals surface area contributed by atoms with E-state index in [-0.39, 0.29) is 0 Å². The Morgan fingerprint density at radius 2 is 2.47 bits per heavy atom. The van der Waals surface area contributed by atoms with Gasteiger partial charge in [0.2, 0.25) is 0 Å².